The molecule has 0 spiro atoms. The molecule has 0 fully saturated rings. The number of methoxy groups -OCH3 is 1. The molecular formula is C14H13BrClNO. The van der Waals surface area contributed by atoms with E-state index in [1.165, 1.54) is 0 Å². The molecular weight excluding hydrogens is 314 g/mol. The summed E-state index contributed by atoms with van der Waals surface area (Å²) in [7, 11) is 1.66. The fourth-order valence-electron chi connectivity index (χ4n) is 1.57. The van der Waals surface area contributed by atoms with Crippen LogP contribution in [-0.4, -0.2) is 7.11 Å². The summed E-state index contributed by atoms with van der Waals surface area (Å²) < 4.78 is 6.12. The Balaban J connectivity index is 2.02. The smallest absolute Gasteiger partial charge is 0.119 e. The van der Waals surface area contributed by atoms with Crippen LogP contribution in [0.1, 0.15) is 5.56 Å². The second-order valence-corrected chi connectivity index (χ2v) is 5.11. The third-order valence-corrected chi connectivity index (χ3v) is 3.56. The first-order valence-corrected chi connectivity index (χ1v) is 6.68. The Labute approximate surface area is 120 Å². The minimum absolute atomic E-state index is 0.732. The van der Waals surface area contributed by atoms with Gasteiger partial charge < -0.3 is 10.1 Å². The minimum Gasteiger partial charge on any atom is -0.497 e. The van der Waals surface area contributed by atoms with Crippen LogP contribution < -0.4 is 10.1 Å². The van der Waals surface area contributed by atoms with Crippen molar-refractivity contribution in [3.8, 4) is 5.75 Å². The Hall–Kier alpha value is -1.19. The molecule has 0 radical (unpaired) electrons. The number of halogens is 2. The summed E-state index contributed by atoms with van der Waals surface area (Å²) in [4.78, 5) is 0. The van der Waals surface area contributed by atoms with Crippen LogP contribution in [0.15, 0.2) is 46.9 Å². The largest absolute Gasteiger partial charge is 0.497 e. The van der Waals surface area contributed by atoms with Gasteiger partial charge in [0.2, 0.25) is 0 Å². The van der Waals surface area contributed by atoms with Gasteiger partial charge >= 0.3 is 0 Å². The highest BCUT2D eigenvalue weighted by Gasteiger charge is 2.01. The van der Waals surface area contributed by atoms with Gasteiger partial charge in [0, 0.05) is 21.7 Å². The van der Waals surface area contributed by atoms with Crippen LogP contribution in [0.5, 0.6) is 5.75 Å². The van der Waals surface area contributed by atoms with Crippen molar-refractivity contribution in [2.75, 3.05) is 12.4 Å². The highest BCUT2D eigenvalue weighted by molar-refractivity contribution is 9.10. The molecule has 0 unspecified atom stereocenters. The molecule has 0 amide bonds. The Morgan fingerprint density at radius 2 is 1.89 bits per heavy atom. The quantitative estimate of drug-likeness (QED) is 0.877. The summed E-state index contributed by atoms with van der Waals surface area (Å²) in [5.74, 6) is 0.855. The summed E-state index contributed by atoms with van der Waals surface area (Å²) in [6.07, 6.45) is 0. The van der Waals surface area contributed by atoms with Crippen LogP contribution in [0.4, 0.5) is 5.69 Å². The number of nitrogens with one attached hydrogen (secondary N) is 1. The van der Waals surface area contributed by atoms with Gasteiger partial charge in [-0.05, 0) is 42.0 Å². The van der Waals surface area contributed by atoms with E-state index in [4.69, 9.17) is 16.3 Å². The molecule has 0 saturated carbocycles. The van der Waals surface area contributed by atoms with Crippen LogP contribution in [-0.2, 0) is 6.54 Å². The van der Waals surface area contributed by atoms with E-state index < -0.39 is 0 Å². The first kappa shape index (κ1) is 13.2. The third kappa shape index (κ3) is 3.40. The van der Waals surface area contributed by atoms with Gasteiger partial charge in [0.25, 0.3) is 0 Å². The molecule has 0 aliphatic carbocycles. The van der Waals surface area contributed by atoms with E-state index >= 15 is 0 Å². The molecule has 94 valence electrons. The maximum atomic E-state index is 5.90. The molecule has 2 aromatic carbocycles. The number of hydrogen-bond donors (Lipinski definition) is 1. The van der Waals surface area contributed by atoms with Crippen LogP contribution in [0.25, 0.3) is 0 Å². The van der Waals surface area contributed by atoms with Gasteiger partial charge in [0.1, 0.15) is 5.75 Å². The maximum absolute atomic E-state index is 5.90. The minimum atomic E-state index is 0.732. The summed E-state index contributed by atoms with van der Waals surface area (Å²) in [5.41, 5.74) is 2.22. The van der Waals surface area contributed by atoms with Gasteiger partial charge in [-0.2, -0.15) is 0 Å². The fourth-order valence-corrected chi connectivity index (χ4v) is 2.39. The standard InChI is InChI=1S/C14H13BrClNO/c1-18-13-6-4-12(5-7-13)17-9-10-2-3-11(16)8-14(10)15/h2-8,17H,9H2,1H3. The molecule has 0 aliphatic heterocycles. The van der Waals surface area contributed by atoms with E-state index in [0.29, 0.717) is 0 Å². The molecule has 0 atom stereocenters. The maximum Gasteiger partial charge on any atom is 0.119 e. The van der Waals surface area contributed by atoms with Crippen LogP contribution >= 0.6 is 27.5 Å². The van der Waals surface area contributed by atoms with Gasteiger partial charge in [-0.25, -0.2) is 0 Å². The molecule has 0 heterocycles. The molecule has 0 bridgehead atoms. The zero-order valence-electron chi connectivity index (χ0n) is 9.91. The number of ether oxygens (including phenoxy) is 1. The van der Waals surface area contributed by atoms with Gasteiger partial charge in [-0.3, -0.25) is 0 Å². The normalized spacial score (nSPS) is 10.2. The van der Waals surface area contributed by atoms with Crippen molar-refractivity contribution in [2.45, 2.75) is 6.54 Å². The second kappa shape index (κ2) is 6.12. The zero-order chi connectivity index (χ0) is 13.0. The first-order valence-electron chi connectivity index (χ1n) is 5.51. The average Bonchev–Trinajstić information content (AvgIpc) is 2.38. The van der Waals surface area contributed by atoms with Crippen molar-refractivity contribution in [2.24, 2.45) is 0 Å². The van der Waals surface area contributed by atoms with E-state index in [0.717, 1.165) is 33.0 Å². The van der Waals surface area contributed by atoms with E-state index in [1.54, 1.807) is 7.11 Å². The lowest BCUT2D eigenvalue weighted by atomic mass is 10.2. The highest BCUT2D eigenvalue weighted by Crippen LogP contribution is 2.23. The Bertz CT molecular complexity index is 528. The molecule has 18 heavy (non-hydrogen) atoms. The predicted molar refractivity (Wildman–Crippen MR) is 79.5 cm³/mol. The highest BCUT2D eigenvalue weighted by atomic mass is 79.9. The lowest BCUT2D eigenvalue weighted by molar-refractivity contribution is 0.415. The lowest BCUT2D eigenvalue weighted by Crippen LogP contribution is -2.00. The number of rotatable bonds is 4. The molecule has 0 aliphatic rings. The van der Waals surface area contributed by atoms with Crippen molar-refractivity contribution in [1.82, 2.24) is 0 Å². The van der Waals surface area contributed by atoms with Crippen LogP contribution in [0.2, 0.25) is 5.02 Å². The van der Waals surface area contributed by atoms with E-state index in [9.17, 15) is 0 Å². The predicted octanol–water partition coefficient (Wildman–Crippen LogP) is 4.72. The Morgan fingerprint density at radius 3 is 2.50 bits per heavy atom. The van der Waals surface area contributed by atoms with E-state index in [1.807, 2.05) is 42.5 Å². The average molecular weight is 327 g/mol. The molecule has 4 heteroatoms. The summed E-state index contributed by atoms with van der Waals surface area (Å²) in [5, 5.41) is 4.08. The van der Waals surface area contributed by atoms with Gasteiger partial charge in [0.05, 0.1) is 7.11 Å². The Morgan fingerprint density at radius 1 is 1.17 bits per heavy atom. The molecule has 1 N–H and O–H groups in total. The lowest BCUT2D eigenvalue weighted by Gasteiger charge is -2.09. The molecule has 2 rings (SSSR count). The van der Waals surface area contributed by atoms with Crippen molar-refractivity contribution < 1.29 is 4.74 Å². The van der Waals surface area contributed by atoms with Gasteiger partial charge in [-0.1, -0.05) is 33.6 Å². The number of anilines is 1. The summed E-state index contributed by atoms with van der Waals surface area (Å²) >= 11 is 9.40. The fraction of sp³-hybridized carbons (Fsp3) is 0.143. The van der Waals surface area contributed by atoms with Crippen molar-refractivity contribution in [3.05, 3.63) is 57.5 Å². The number of hydrogen-bond acceptors (Lipinski definition) is 2. The molecule has 0 saturated heterocycles. The summed E-state index contributed by atoms with van der Waals surface area (Å²) in [6.45, 7) is 0.740. The Kier molecular flexibility index (Phi) is 4.50. The second-order valence-electron chi connectivity index (χ2n) is 3.82. The third-order valence-electron chi connectivity index (χ3n) is 2.59. The van der Waals surface area contributed by atoms with Crippen molar-refractivity contribution >= 4 is 33.2 Å². The summed E-state index contributed by atoms with van der Waals surface area (Å²) in [6, 6.07) is 13.6. The monoisotopic (exact) mass is 325 g/mol. The molecule has 2 aromatic rings. The SMILES string of the molecule is COc1ccc(NCc2ccc(Cl)cc2Br)cc1. The van der Waals surface area contributed by atoms with Crippen molar-refractivity contribution in [1.29, 1.82) is 0 Å². The van der Waals surface area contributed by atoms with E-state index in [2.05, 4.69) is 21.2 Å². The van der Waals surface area contributed by atoms with Crippen molar-refractivity contribution in [3.63, 3.8) is 0 Å². The first-order chi connectivity index (χ1) is 8.69. The molecule has 0 aromatic heterocycles. The van der Waals surface area contributed by atoms with Gasteiger partial charge in [-0.15, -0.1) is 0 Å². The zero-order valence-corrected chi connectivity index (χ0v) is 12.3. The van der Waals surface area contributed by atoms with Crippen LogP contribution in [0.3, 0.4) is 0 Å². The van der Waals surface area contributed by atoms with Crippen LogP contribution in [0, 0.1) is 0 Å². The van der Waals surface area contributed by atoms with Gasteiger partial charge in [0.15, 0.2) is 0 Å². The topological polar surface area (TPSA) is 21.3 Å². The number of benzene rings is 2. The van der Waals surface area contributed by atoms with E-state index in [-0.39, 0.29) is 0 Å². The molecule has 2 nitrogen and oxygen atoms in total.